The van der Waals surface area contributed by atoms with Crippen LogP contribution >= 0.6 is 0 Å². The Morgan fingerprint density at radius 3 is 2.36 bits per heavy atom. The molecular weight excluding hydrogens is 285 g/mol. The van der Waals surface area contributed by atoms with Gasteiger partial charge in [0, 0.05) is 32.2 Å². The van der Waals surface area contributed by atoms with Gasteiger partial charge in [-0.25, -0.2) is 9.18 Å². The largest absolute Gasteiger partial charge is 0.339 e. The second kappa shape index (κ2) is 6.34. The minimum absolute atomic E-state index is 0.0382. The van der Waals surface area contributed by atoms with Crippen molar-refractivity contribution in [3.8, 4) is 0 Å². The molecule has 22 heavy (non-hydrogen) atoms. The summed E-state index contributed by atoms with van der Waals surface area (Å²) in [6.45, 7) is 2.07. The normalized spacial score (nSPS) is 18.2. The van der Waals surface area contributed by atoms with Gasteiger partial charge in [0.2, 0.25) is 5.91 Å². The molecule has 0 atom stereocenters. The molecule has 1 aromatic carbocycles. The van der Waals surface area contributed by atoms with Gasteiger partial charge in [0.1, 0.15) is 5.82 Å². The number of nitrogens with one attached hydrogen (secondary N) is 1. The van der Waals surface area contributed by atoms with Crippen molar-refractivity contribution in [2.75, 3.05) is 26.2 Å². The summed E-state index contributed by atoms with van der Waals surface area (Å²) >= 11 is 0. The predicted octanol–water partition coefficient (Wildman–Crippen LogP) is 1.38. The number of carbonyl (C=O) groups is 2. The third kappa shape index (κ3) is 3.55. The Morgan fingerprint density at radius 1 is 1.09 bits per heavy atom. The molecule has 1 heterocycles. The van der Waals surface area contributed by atoms with Crippen LogP contribution < -0.4 is 5.32 Å². The number of hydrogen-bond donors (Lipinski definition) is 1. The summed E-state index contributed by atoms with van der Waals surface area (Å²) in [6.07, 6.45) is 2.20. The summed E-state index contributed by atoms with van der Waals surface area (Å²) in [5.41, 5.74) is 0.418. The molecule has 0 aromatic heterocycles. The highest BCUT2D eigenvalue weighted by molar-refractivity contribution is 5.79. The van der Waals surface area contributed by atoms with Gasteiger partial charge in [0.15, 0.2) is 0 Å². The van der Waals surface area contributed by atoms with Crippen LogP contribution in [0.5, 0.6) is 0 Å². The summed E-state index contributed by atoms with van der Waals surface area (Å²) in [4.78, 5) is 27.6. The van der Waals surface area contributed by atoms with Gasteiger partial charge in [-0.2, -0.15) is 0 Å². The number of benzene rings is 1. The molecule has 1 aliphatic carbocycles. The van der Waals surface area contributed by atoms with Crippen molar-refractivity contribution in [3.05, 3.63) is 35.6 Å². The second-order valence-corrected chi connectivity index (χ2v) is 5.86. The van der Waals surface area contributed by atoms with Gasteiger partial charge in [-0.15, -0.1) is 0 Å². The summed E-state index contributed by atoms with van der Waals surface area (Å²) in [7, 11) is 0. The molecule has 0 unspecified atom stereocenters. The van der Waals surface area contributed by atoms with E-state index < -0.39 is 0 Å². The lowest BCUT2D eigenvalue weighted by Crippen LogP contribution is -2.53. The Bertz CT molecular complexity index is 566. The Balaban J connectivity index is 1.49. The van der Waals surface area contributed by atoms with E-state index in [1.165, 1.54) is 6.07 Å². The van der Waals surface area contributed by atoms with E-state index in [9.17, 15) is 14.0 Å². The SMILES string of the molecule is O=C(Cc1ccccc1F)N1CCN(C(=O)NC2CC2)CC1. The number of amides is 3. The second-order valence-electron chi connectivity index (χ2n) is 5.86. The standard InChI is InChI=1S/C16H20FN3O2/c17-14-4-2-1-3-12(14)11-15(21)19-7-9-20(10-8-19)16(22)18-13-5-6-13/h1-4,13H,5-11H2,(H,18,22). The highest BCUT2D eigenvalue weighted by Gasteiger charge is 2.28. The highest BCUT2D eigenvalue weighted by Crippen LogP contribution is 2.19. The van der Waals surface area contributed by atoms with Gasteiger partial charge in [-0.3, -0.25) is 4.79 Å². The first-order valence-electron chi connectivity index (χ1n) is 7.70. The zero-order valence-corrected chi connectivity index (χ0v) is 12.4. The summed E-state index contributed by atoms with van der Waals surface area (Å²) in [5.74, 6) is -0.439. The van der Waals surface area contributed by atoms with E-state index in [2.05, 4.69) is 5.32 Å². The first kappa shape index (κ1) is 14.8. The van der Waals surface area contributed by atoms with Crippen molar-refractivity contribution in [2.45, 2.75) is 25.3 Å². The maximum absolute atomic E-state index is 13.6. The minimum Gasteiger partial charge on any atom is -0.339 e. The zero-order valence-electron chi connectivity index (χ0n) is 12.4. The van der Waals surface area contributed by atoms with Crippen molar-refractivity contribution >= 4 is 11.9 Å². The third-order valence-electron chi connectivity index (χ3n) is 4.12. The van der Waals surface area contributed by atoms with Gasteiger partial charge in [0.25, 0.3) is 0 Å². The number of hydrogen-bond acceptors (Lipinski definition) is 2. The minimum atomic E-state index is -0.349. The predicted molar refractivity (Wildman–Crippen MR) is 79.8 cm³/mol. The number of urea groups is 1. The average molecular weight is 305 g/mol. The molecular formula is C16H20FN3O2. The quantitative estimate of drug-likeness (QED) is 0.917. The van der Waals surface area contributed by atoms with Crippen LogP contribution in [0.4, 0.5) is 9.18 Å². The zero-order chi connectivity index (χ0) is 15.5. The molecule has 0 spiro atoms. The van der Waals surface area contributed by atoms with E-state index in [0.29, 0.717) is 37.8 Å². The molecule has 118 valence electrons. The molecule has 5 nitrogen and oxygen atoms in total. The van der Waals surface area contributed by atoms with E-state index in [1.54, 1.807) is 28.0 Å². The smallest absolute Gasteiger partial charge is 0.317 e. The lowest BCUT2D eigenvalue weighted by molar-refractivity contribution is -0.131. The lowest BCUT2D eigenvalue weighted by atomic mass is 10.1. The highest BCUT2D eigenvalue weighted by atomic mass is 19.1. The number of carbonyl (C=O) groups excluding carboxylic acids is 2. The molecule has 0 radical (unpaired) electrons. The van der Waals surface area contributed by atoms with Gasteiger partial charge in [-0.1, -0.05) is 18.2 Å². The number of halogens is 1. The van der Waals surface area contributed by atoms with E-state index in [4.69, 9.17) is 0 Å². The molecule has 3 rings (SSSR count). The number of nitrogens with zero attached hydrogens (tertiary/aromatic N) is 2. The Kier molecular flexibility index (Phi) is 4.27. The van der Waals surface area contributed by atoms with Crippen LogP contribution in [0.15, 0.2) is 24.3 Å². The van der Waals surface area contributed by atoms with Crippen LogP contribution in [0.25, 0.3) is 0 Å². The lowest BCUT2D eigenvalue weighted by Gasteiger charge is -2.34. The fourth-order valence-electron chi connectivity index (χ4n) is 2.57. The Hall–Kier alpha value is -2.11. The van der Waals surface area contributed by atoms with Crippen LogP contribution in [0.1, 0.15) is 18.4 Å². The van der Waals surface area contributed by atoms with E-state index in [-0.39, 0.29) is 24.2 Å². The molecule has 6 heteroatoms. The maximum Gasteiger partial charge on any atom is 0.317 e. The van der Waals surface area contributed by atoms with Crippen molar-refractivity contribution in [1.82, 2.24) is 15.1 Å². The topological polar surface area (TPSA) is 52.7 Å². The summed E-state index contributed by atoms with van der Waals surface area (Å²) < 4.78 is 13.6. The van der Waals surface area contributed by atoms with Gasteiger partial charge < -0.3 is 15.1 Å². The van der Waals surface area contributed by atoms with E-state index in [1.807, 2.05) is 0 Å². The van der Waals surface area contributed by atoms with Crippen LogP contribution in [0.3, 0.4) is 0 Å². The van der Waals surface area contributed by atoms with Crippen LogP contribution in [0, 0.1) is 5.82 Å². The molecule has 0 bridgehead atoms. The Labute approximate surface area is 129 Å². The van der Waals surface area contributed by atoms with Crippen LogP contribution in [-0.2, 0) is 11.2 Å². The molecule has 1 saturated carbocycles. The third-order valence-corrected chi connectivity index (χ3v) is 4.12. The van der Waals surface area contributed by atoms with Crippen LogP contribution in [0.2, 0.25) is 0 Å². The van der Waals surface area contributed by atoms with Gasteiger partial charge in [-0.05, 0) is 24.5 Å². The fraction of sp³-hybridized carbons (Fsp3) is 0.500. The van der Waals surface area contributed by atoms with Gasteiger partial charge >= 0.3 is 6.03 Å². The Morgan fingerprint density at radius 2 is 1.73 bits per heavy atom. The maximum atomic E-state index is 13.6. The monoisotopic (exact) mass is 305 g/mol. The van der Waals surface area contributed by atoms with Crippen molar-refractivity contribution in [3.63, 3.8) is 0 Å². The molecule has 2 aliphatic rings. The summed E-state index contributed by atoms with van der Waals surface area (Å²) in [6, 6.07) is 6.64. The molecule has 1 N–H and O–H groups in total. The molecule has 2 fully saturated rings. The van der Waals surface area contributed by atoms with Crippen molar-refractivity contribution in [2.24, 2.45) is 0 Å². The first-order valence-corrected chi connectivity index (χ1v) is 7.70. The van der Waals surface area contributed by atoms with Crippen molar-refractivity contribution in [1.29, 1.82) is 0 Å². The van der Waals surface area contributed by atoms with E-state index >= 15 is 0 Å². The number of rotatable bonds is 3. The van der Waals surface area contributed by atoms with Crippen LogP contribution in [-0.4, -0.2) is 54.0 Å². The van der Waals surface area contributed by atoms with E-state index in [0.717, 1.165) is 12.8 Å². The fourth-order valence-corrected chi connectivity index (χ4v) is 2.57. The average Bonchev–Trinajstić information content (AvgIpc) is 3.33. The first-order chi connectivity index (χ1) is 10.6. The molecule has 3 amide bonds. The number of piperazine rings is 1. The molecule has 1 saturated heterocycles. The summed E-state index contributed by atoms with van der Waals surface area (Å²) in [5, 5.41) is 2.95. The van der Waals surface area contributed by atoms with Gasteiger partial charge in [0.05, 0.1) is 6.42 Å². The van der Waals surface area contributed by atoms with Crippen molar-refractivity contribution < 1.29 is 14.0 Å². The molecule has 1 aliphatic heterocycles. The molecule has 1 aromatic rings.